The van der Waals surface area contributed by atoms with Gasteiger partial charge < -0.3 is 5.73 Å². The smallest absolute Gasteiger partial charge is 0.131 e. The van der Waals surface area contributed by atoms with Crippen LogP contribution in [0.3, 0.4) is 0 Å². The third kappa shape index (κ3) is 1.55. The van der Waals surface area contributed by atoms with E-state index in [-0.39, 0.29) is 5.82 Å². The van der Waals surface area contributed by atoms with Crippen molar-refractivity contribution in [2.24, 2.45) is 0 Å². The monoisotopic (exact) mass is 232 g/mol. The van der Waals surface area contributed by atoms with E-state index in [1.165, 1.54) is 17.4 Å². The van der Waals surface area contributed by atoms with Crippen LogP contribution in [0.1, 0.15) is 10.4 Å². The molecule has 0 unspecified atom stereocenters. The predicted octanol–water partition coefficient (Wildman–Crippen LogP) is 3.32. The fourth-order valence-electron chi connectivity index (χ4n) is 1.51. The lowest BCUT2D eigenvalue weighted by Crippen LogP contribution is -1.88. The Labute approximate surface area is 96.8 Å². The number of thiophene rings is 1. The molecule has 0 atom stereocenters. The highest BCUT2D eigenvalue weighted by Crippen LogP contribution is 2.38. The average Bonchev–Trinajstić information content (AvgIpc) is 2.57. The quantitative estimate of drug-likeness (QED) is 0.820. The van der Waals surface area contributed by atoms with Gasteiger partial charge in [0.05, 0.1) is 5.69 Å². The molecule has 2 N–H and O–H groups in total. The molecule has 1 heterocycles. The highest BCUT2D eigenvalue weighted by molar-refractivity contribution is 7.16. The molecule has 2 rings (SSSR count). The summed E-state index contributed by atoms with van der Waals surface area (Å²) in [4.78, 5) is 1.17. The Hall–Kier alpha value is -1.86. The van der Waals surface area contributed by atoms with Crippen LogP contribution in [-0.2, 0) is 0 Å². The van der Waals surface area contributed by atoms with Crippen LogP contribution >= 0.6 is 11.3 Å². The van der Waals surface area contributed by atoms with E-state index in [0.717, 1.165) is 10.4 Å². The second kappa shape index (κ2) is 3.95. The van der Waals surface area contributed by atoms with Crippen molar-refractivity contribution in [3.05, 3.63) is 40.5 Å². The zero-order valence-electron chi connectivity index (χ0n) is 8.62. The summed E-state index contributed by atoms with van der Waals surface area (Å²) < 4.78 is 13.6. The van der Waals surface area contributed by atoms with Gasteiger partial charge in [0.1, 0.15) is 16.8 Å². The van der Waals surface area contributed by atoms with Gasteiger partial charge in [0.25, 0.3) is 0 Å². The SMILES string of the molecule is Cc1c(-c2ccccc2F)sc(C#N)c1N. The van der Waals surface area contributed by atoms with Gasteiger partial charge in [-0.1, -0.05) is 18.2 Å². The zero-order valence-corrected chi connectivity index (χ0v) is 9.44. The summed E-state index contributed by atoms with van der Waals surface area (Å²) in [5, 5.41) is 8.86. The van der Waals surface area contributed by atoms with E-state index in [4.69, 9.17) is 11.0 Å². The van der Waals surface area contributed by atoms with Crippen LogP contribution in [0, 0.1) is 24.1 Å². The number of nitriles is 1. The van der Waals surface area contributed by atoms with Gasteiger partial charge >= 0.3 is 0 Å². The molecule has 0 aliphatic carbocycles. The molecule has 2 aromatic rings. The van der Waals surface area contributed by atoms with Crippen LogP contribution in [0.15, 0.2) is 24.3 Å². The average molecular weight is 232 g/mol. The van der Waals surface area contributed by atoms with Crippen molar-refractivity contribution in [3.8, 4) is 16.5 Å². The molecule has 0 fully saturated rings. The number of anilines is 1. The van der Waals surface area contributed by atoms with Crippen LogP contribution in [-0.4, -0.2) is 0 Å². The maximum atomic E-state index is 13.6. The first-order chi connectivity index (χ1) is 7.65. The van der Waals surface area contributed by atoms with Crippen LogP contribution in [0.4, 0.5) is 10.1 Å². The van der Waals surface area contributed by atoms with Crippen LogP contribution in [0.5, 0.6) is 0 Å². The molecule has 1 aromatic heterocycles. The second-order valence-corrected chi connectivity index (χ2v) is 4.41. The lowest BCUT2D eigenvalue weighted by molar-refractivity contribution is 0.631. The topological polar surface area (TPSA) is 49.8 Å². The van der Waals surface area contributed by atoms with Gasteiger partial charge in [-0.3, -0.25) is 0 Å². The van der Waals surface area contributed by atoms with Crippen molar-refractivity contribution < 1.29 is 4.39 Å². The summed E-state index contributed by atoms with van der Waals surface area (Å²) in [6.45, 7) is 1.80. The Morgan fingerprint density at radius 3 is 2.62 bits per heavy atom. The van der Waals surface area contributed by atoms with Gasteiger partial charge in [-0.05, 0) is 18.6 Å². The second-order valence-electron chi connectivity index (χ2n) is 3.39. The van der Waals surface area contributed by atoms with E-state index < -0.39 is 0 Å². The Bertz CT molecular complexity index is 581. The molecule has 0 bridgehead atoms. The molecule has 80 valence electrons. The molecule has 2 nitrogen and oxygen atoms in total. The standard InChI is InChI=1S/C12H9FN2S/c1-7-11(15)10(6-14)16-12(7)8-4-2-3-5-9(8)13/h2-5H,15H2,1H3. The van der Waals surface area contributed by atoms with Crippen LogP contribution in [0.25, 0.3) is 10.4 Å². The fraction of sp³-hybridized carbons (Fsp3) is 0.0833. The highest BCUT2D eigenvalue weighted by Gasteiger charge is 2.15. The van der Waals surface area contributed by atoms with E-state index in [1.54, 1.807) is 25.1 Å². The van der Waals surface area contributed by atoms with Crippen LogP contribution < -0.4 is 5.73 Å². The molecule has 0 saturated heterocycles. The third-order valence-electron chi connectivity index (χ3n) is 2.41. The summed E-state index contributed by atoms with van der Waals surface area (Å²) >= 11 is 1.23. The molecule has 0 radical (unpaired) electrons. The molecule has 0 aliphatic rings. The predicted molar refractivity (Wildman–Crippen MR) is 63.6 cm³/mol. The number of nitrogens with two attached hydrogens (primary N) is 1. The maximum absolute atomic E-state index is 13.6. The van der Waals surface area contributed by atoms with Crippen molar-refractivity contribution in [1.29, 1.82) is 5.26 Å². The Morgan fingerprint density at radius 1 is 1.38 bits per heavy atom. The number of hydrogen-bond acceptors (Lipinski definition) is 3. The Balaban J connectivity index is 2.67. The van der Waals surface area contributed by atoms with Crippen LogP contribution in [0.2, 0.25) is 0 Å². The number of halogens is 1. The summed E-state index contributed by atoms with van der Waals surface area (Å²) in [7, 11) is 0. The number of benzene rings is 1. The van der Waals surface area contributed by atoms with Crippen molar-refractivity contribution in [1.82, 2.24) is 0 Å². The zero-order chi connectivity index (χ0) is 11.7. The highest BCUT2D eigenvalue weighted by atomic mass is 32.1. The van der Waals surface area contributed by atoms with Gasteiger partial charge in [0.2, 0.25) is 0 Å². The lowest BCUT2D eigenvalue weighted by atomic mass is 10.1. The molecule has 0 spiro atoms. The summed E-state index contributed by atoms with van der Waals surface area (Å²) in [5.41, 5.74) is 7.48. The molecular formula is C12H9FN2S. The molecule has 1 aromatic carbocycles. The molecule has 0 amide bonds. The van der Waals surface area contributed by atoms with Crippen molar-refractivity contribution >= 4 is 17.0 Å². The summed E-state index contributed by atoms with van der Waals surface area (Å²) in [5.74, 6) is -0.295. The summed E-state index contributed by atoms with van der Waals surface area (Å²) in [6.07, 6.45) is 0. The summed E-state index contributed by atoms with van der Waals surface area (Å²) in [6, 6.07) is 8.50. The minimum Gasteiger partial charge on any atom is -0.397 e. The minimum absolute atomic E-state index is 0.295. The van der Waals surface area contributed by atoms with Crippen molar-refractivity contribution in [3.63, 3.8) is 0 Å². The third-order valence-corrected chi connectivity index (χ3v) is 3.66. The first-order valence-electron chi connectivity index (χ1n) is 4.69. The van der Waals surface area contributed by atoms with Gasteiger partial charge in [-0.25, -0.2) is 4.39 Å². The molecule has 16 heavy (non-hydrogen) atoms. The Morgan fingerprint density at radius 2 is 2.06 bits per heavy atom. The maximum Gasteiger partial charge on any atom is 0.131 e. The fourth-order valence-corrected chi connectivity index (χ4v) is 2.56. The lowest BCUT2D eigenvalue weighted by Gasteiger charge is -2.01. The van der Waals surface area contributed by atoms with E-state index in [0.29, 0.717) is 16.1 Å². The van der Waals surface area contributed by atoms with Gasteiger partial charge in [-0.2, -0.15) is 5.26 Å². The molecule has 0 aliphatic heterocycles. The number of nitrogen functional groups attached to an aromatic ring is 1. The van der Waals surface area contributed by atoms with Gasteiger partial charge in [0.15, 0.2) is 0 Å². The first kappa shape index (κ1) is 10.7. The van der Waals surface area contributed by atoms with E-state index in [2.05, 4.69) is 0 Å². The van der Waals surface area contributed by atoms with E-state index >= 15 is 0 Å². The molecular weight excluding hydrogens is 223 g/mol. The normalized spacial score (nSPS) is 10.1. The van der Waals surface area contributed by atoms with E-state index in [1.807, 2.05) is 6.07 Å². The first-order valence-corrected chi connectivity index (χ1v) is 5.50. The largest absolute Gasteiger partial charge is 0.397 e. The number of hydrogen-bond donors (Lipinski definition) is 1. The van der Waals surface area contributed by atoms with Gasteiger partial charge in [-0.15, -0.1) is 11.3 Å². The Kier molecular flexibility index (Phi) is 2.63. The number of nitrogens with zero attached hydrogens (tertiary/aromatic N) is 1. The molecule has 0 saturated carbocycles. The van der Waals surface area contributed by atoms with Crippen molar-refractivity contribution in [2.75, 3.05) is 5.73 Å². The van der Waals surface area contributed by atoms with E-state index in [9.17, 15) is 4.39 Å². The molecule has 4 heteroatoms. The minimum atomic E-state index is -0.295. The number of rotatable bonds is 1. The van der Waals surface area contributed by atoms with Crippen molar-refractivity contribution in [2.45, 2.75) is 6.92 Å². The van der Waals surface area contributed by atoms with Gasteiger partial charge in [0, 0.05) is 10.4 Å².